The van der Waals surface area contributed by atoms with Crippen molar-refractivity contribution in [2.75, 3.05) is 41.9 Å². The molecular weight excluding hydrogens is 450 g/mol. The average molecular weight is 480 g/mol. The van der Waals surface area contributed by atoms with Crippen LogP contribution in [-0.2, 0) is 9.59 Å². The maximum Gasteiger partial charge on any atom is 0.227 e. The van der Waals surface area contributed by atoms with Gasteiger partial charge in [-0.3, -0.25) is 9.59 Å². The van der Waals surface area contributed by atoms with Crippen molar-refractivity contribution >= 4 is 50.6 Å². The molecule has 3 aromatic rings. The summed E-state index contributed by atoms with van der Waals surface area (Å²) >= 11 is 1.70. The van der Waals surface area contributed by atoms with E-state index >= 15 is 0 Å². The van der Waals surface area contributed by atoms with Gasteiger partial charge in [0.2, 0.25) is 11.8 Å². The number of amides is 2. The van der Waals surface area contributed by atoms with Crippen LogP contribution in [0.4, 0.5) is 17.2 Å². The first-order chi connectivity index (χ1) is 16.5. The molecule has 2 amide bonds. The van der Waals surface area contributed by atoms with Crippen LogP contribution < -0.4 is 19.9 Å². The van der Waals surface area contributed by atoms with E-state index in [0.717, 1.165) is 48.4 Å². The van der Waals surface area contributed by atoms with Crippen molar-refractivity contribution in [2.45, 2.75) is 39.5 Å². The third kappa shape index (κ3) is 4.09. The summed E-state index contributed by atoms with van der Waals surface area (Å²) in [6.45, 7) is 6.46. The molecule has 8 nitrogen and oxygen atoms in total. The molecule has 1 N–H and O–H groups in total. The van der Waals surface area contributed by atoms with Gasteiger partial charge in [0.25, 0.3) is 0 Å². The summed E-state index contributed by atoms with van der Waals surface area (Å²) in [7, 11) is 1.59. The minimum absolute atomic E-state index is 0.0129. The topological polar surface area (TPSA) is 87.7 Å². The van der Waals surface area contributed by atoms with Gasteiger partial charge < -0.3 is 19.9 Å². The number of ether oxygens (including phenoxy) is 1. The van der Waals surface area contributed by atoms with E-state index in [1.54, 1.807) is 29.7 Å². The molecular formula is C25H29N5O3S. The van der Waals surface area contributed by atoms with Crippen molar-refractivity contribution in [3.63, 3.8) is 0 Å². The molecule has 5 rings (SSSR count). The summed E-state index contributed by atoms with van der Waals surface area (Å²) in [5.41, 5.74) is 2.64. The van der Waals surface area contributed by atoms with Gasteiger partial charge in [-0.15, -0.1) is 11.3 Å². The summed E-state index contributed by atoms with van der Waals surface area (Å²) in [6, 6.07) is 5.48. The monoisotopic (exact) mass is 479 g/mol. The number of fused-ring (bicyclic) bond motifs is 1. The maximum atomic E-state index is 13.1. The van der Waals surface area contributed by atoms with Crippen LogP contribution >= 0.6 is 11.3 Å². The average Bonchev–Trinajstić information content (AvgIpc) is 3.41. The van der Waals surface area contributed by atoms with E-state index in [4.69, 9.17) is 4.74 Å². The zero-order chi connectivity index (χ0) is 23.8. The maximum absolute atomic E-state index is 13.1. The first kappa shape index (κ1) is 22.6. The van der Waals surface area contributed by atoms with Crippen molar-refractivity contribution in [3.8, 4) is 5.75 Å². The number of hydrogen-bond acceptors (Lipinski definition) is 7. The summed E-state index contributed by atoms with van der Waals surface area (Å²) in [6.07, 6.45) is 4.53. The first-order valence-electron chi connectivity index (χ1n) is 11.7. The van der Waals surface area contributed by atoms with Crippen LogP contribution in [0.25, 0.3) is 10.2 Å². The van der Waals surface area contributed by atoms with Gasteiger partial charge in [0.05, 0.1) is 18.2 Å². The number of hydrogen-bond donors (Lipinski definition) is 1. The second kappa shape index (κ2) is 9.21. The van der Waals surface area contributed by atoms with E-state index in [1.807, 2.05) is 18.2 Å². The number of anilines is 3. The van der Waals surface area contributed by atoms with Gasteiger partial charge in [0.1, 0.15) is 22.7 Å². The molecule has 0 aliphatic carbocycles. The third-order valence-electron chi connectivity index (χ3n) is 6.92. The Bertz CT molecular complexity index is 1250. The van der Waals surface area contributed by atoms with Crippen LogP contribution in [0.3, 0.4) is 0 Å². The van der Waals surface area contributed by atoms with Crippen LogP contribution in [0, 0.1) is 19.8 Å². The fourth-order valence-corrected chi connectivity index (χ4v) is 5.87. The zero-order valence-electron chi connectivity index (χ0n) is 19.8. The van der Waals surface area contributed by atoms with Crippen LogP contribution in [0.1, 0.15) is 36.1 Å². The number of rotatable bonds is 5. The number of nitrogens with one attached hydrogen (secondary N) is 1. The van der Waals surface area contributed by atoms with Gasteiger partial charge in [0.15, 0.2) is 0 Å². The Labute approximate surface area is 202 Å². The van der Waals surface area contributed by atoms with Crippen molar-refractivity contribution in [3.05, 3.63) is 35.0 Å². The van der Waals surface area contributed by atoms with Crippen molar-refractivity contribution < 1.29 is 14.3 Å². The molecule has 2 aromatic heterocycles. The lowest BCUT2D eigenvalue weighted by Crippen LogP contribution is -2.38. The quantitative estimate of drug-likeness (QED) is 0.587. The third-order valence-corrected chi connectivity index (χ3v) is 8.04. The van der Waals surface area contributed by atoms with Gasteiger partial charge in [-0.05, 0) is 56.9 Å². The lowest BCUT2D eigenvalue weighted by molar-refractivity contribution is -0.120. The molecule has 2 saturated heterocycles. The Kier molecular flexibility index (Phi) is 6.12. The van der Waals surface area contributed by atoms with E-state index in [0.29, 0.717) is 30.1 Å². The molecule has 34 heavy (non-hydrogen) atoms. The minimum Gasteiger partial charge on any atom is -0.495 e. The Morgan fingerprint density at radius 3 is 2.68 bits per heavy atom. The van der Waals surface area contributed by atoms with Gasteiger partial charge in [-0.2, -0.15) is 0 Å². The van der Waals surface area contributed by atoms with Gasteiger partial charge in [-0.25, -0.2) is 9.97 Å². The normalized spacial score (nSPS) is 17.0. The molecule has 178 valence electrons. The molecule has 9 heteroatoms. The van der Waals surface area contributed by atoms with Gasteiger partial charge in [0, 0.05) is 42.5 Å². The smallest absolute Gasteiger partial charge is 0.227 e. The number of aromatic nitrogens is 2. The largest absolute Gasteiger partial charge is 0.495 e. The predicted molar refractivity (Wildman–Crippen MR) is 135 cm³/mol. The fourth-order valence-electron chi connectivity index (χ4n) is 4.88. The van der Waals surface area contributed by atoms with Crippen molar-refractivity contribution in [1.82, 2.24) is 9.97 Å². The van der Waals surface area contributed by atoms with E-state index in [-0.39, 0.29) is 17.7 Å². The highest BCUT2D eigenvalue weighted by Gasteiger charge is 2.29. The van der Waals surface area contributed by atoms with E-state index < -0.39 is 0 Å². The molecule has 0 atom stereocenters. The van der Waals surface area contributed by atoms with Crippen molar-refractivity contribution in [1.29, 1.82) is 0 Å². The number of methoxy groups -OCH3 is 1. The number of carbonyl (C=O) groups excluding carboxylic acids is 2. The lowest BCUT2D eigenvalue weighted by atomic mass is 9.95. The van der Waals surface area contributed by atoms with E-state index in [1.165, 1.54) is 10.4 Å². The Morgan fingerprint density at radius 2 is 1.97 bits per heavy atom. The molecule has 0 unspecified atom stereocenters. The summed E-state index contributed by atoms with van der Waals surface area (Å²) < 4.78 is 5.45. The number of benzene rings is 1. The second-order valence-corrected chi connectivity index (χ2v) is 10.2. The Morgan fingerprint density at radius 1 is 1.18 bits per heavy atom. The van der Waals surface area contributed by atoms with Gasteiger partial charge in [-0.1, -0.05) is 0 Å². The number of piperidine rings is 1. The second-order valence-electron chi connectivity index (χ2n) is 8.95. The van der Waals surface area contributed by atoms with Crippen molar-refractivity contribution in [2.24, 2.45) is 5.92 Å². The molecule has 0 radical (unpaired) electrons. The zero-order valence-corrected chi connectivity index (χ0v) is 20.6. The standard InChI is InChI=1S/C25H29N5O3S/c1-15-16(2)34-25-22(15)23(26-14-27-25)29-11-8-17(9-12-29)24(32)28-18-6-7-20(33-3)19(13-18)30-10-4-5-21(30)31/h6-7,13-14,17H,4-5,8-12H2,1-3H3,(H,28,32). The highest BCUT2D eigenvalue weighted by atomic mass is 32.1. The summed E-state index contributed by atoms with van der Waals surface area (Å²) in [5, 5.41) is 4.20. The molecule has 1 aromatic carbocycles. The molecule has 2 aliphatic heterocycles. The Balaban J connectivity index is 1.27. The SMILES string of the molecule is COc1ccc(NC(=O)C2CCN(c3ncnc4sc(C)c(C)c34)CC2)cc1N1CCCC1=O. The van der Waals surface area contributed by atoms with Gasteiger partial charge >= 0.3 is 0 Å². The highest BCUT2D eigenvalue weighted by Crippen LogP contribution is 2.37. The lowest BCUT2D eigenvalue weighted by Gasteiger charge is -2.32. The molecule has 0 bridgehead atoms. The fraction of sp³-hybridized carbons (Fsp3) is 0.440. The van der Waals surface area contributed by atoms with Crippen LogP contribution in [0.2, 0.25) is 0 Å². The molecule has 2 fully saturated rings. The first-order valence-corrected chi connectivity index (χ1v) is 12.5. The molecule has 2 aliphatic rings. The number of thiophene rings is 1. The van der Waals surface area contributed by atoms with Crippen LogP contribution in [0.5, 0.6) is 5.75 Å². The number of carbonyl (C=O) groups is 2. The van der Waals surface area contributed by atoms with E-state index in [9.17, 15) is 9.59 Å². The van der Waals surface area contributed by atoms with Crippen LogP contribution in [0.15, 0.2) is 24.5 Å². The summed E-state index contributed by atoms with van der Waals surface area (Å²) in [5.74, 6) is 1.64. The van der Waals surface area contributed by atoms with Crippen LogP contribution in [-0.4, -0.2) is 48.5 Å². The number of aryl methyl sites for hydroxylation is 2. The van der Waals surface area contributed by atoms with E-state index in [2.05, 4.69) is 34.0 Å². The summed E-state index contributed by atoms with van der Waals surface area (Å²) in [4.78, 5) is 40.6. The number of nitrogens with zero attached hydrogens (tertiary/aromatic N) is 4. The Hall–Kier alpha value is -3.20. The molecule has 4 heterocycles. The molecule has 0 saturated carbocycles. The molecule has 0 spiro atoms. The highest BCUT2D eigenvalue weighted by molar-refractivity contribution is 7.18. The predicted octanol–water partition coefficient (Wildman–Crippen LogP) is 4.30. The minimum atomic E-state index is -0.0714.